The highest BCUT2D eigenvalue weighted by atomic mass is 16.5. The van der Waals surface area contributed by atoms with Gasteiger partial charge in [-0.2, -0.15) is 0 Å². The third-order valence-corrected chi connectivity index (χ3v) is 5.39. The Hall–Kier alpha value is -1.79. The lowest BCUT2D eigenvalue weighted by atomic mass is 10.1. The van der Waals surface area contributed by atoms with Crippen LogP contribution in [0.2, 0.25) is 0 Å². The molecule has 1 heterocycles. The number of hydrogen-bond acceptors (Lipinski definition) is 5. The normalized spacial score (nSPS) is 18.3. The number of likely N-dealkylation sites (tertiary alicyclic amines) is 1. The van der Waals surface area contributed by atoms with Crippen molar-refractivity contribution in [1.29, 1.82) is 0 Å². The van der Waals surface area contributed by atoms with E-state index in [2.05, 4.69) is 30.9 Å². The van der Waals surface area contributed by atoms with E-state index in [1.807, 2.05) is 18.0 Å². The summed E-state index contributed by atoms with van der Waals surface area (Å²) in [6, 6.07) is 6.53. The van der Waals surface area contributed by atoms with Crippen molar-refractivity contribution in [3.8, 4) is 11.5 Å². The first kappa shape index (κ1) is 22.5. The van der Waals surface area contributed by atoms with Gasteiger partial charge in [0.15, 0.2) is 11.5 Å². The number of likely N-dealkylation sites (N-methyl/N-ethyl adjacent to an activating group) is 1. The Morgan fingerprint density at radius 3 is 2.75 bits per heavy atom. The number of ether oxygens (including phenoxy) is 2. The average Bonchev–Trinajstić information content (AvgIpc) is 2.87. The van der Waals surface area contributed by atoms with E-state index < -0.39 is 5.97 Å². The van der Waals surface area contributed by atoms with Gasteiger partial charge in [0.2, 0.25) is 0 Å². The van der Waals surface area contributed by atoms with Gasteiger partial charge in [0.25, 0.3) is 0 Å². The lowest BCUT2D eigenvalue weighted by Gasteiger charge is -2.25. The topological polar surface area (TPSA) is 62.2 Å². The second-order valence-corrected chi connectivity index (χ2v) is 8.19. The Morgan fingerprint density at radius 2 is 2.07 bits per heavy atom. The van der Waals surface area contributed by atoms with Crippen LogP contribution < -0.4 is 9.47 Å². The van der Waals surface area contributed by atoms with Gasteiger partial charge >= 0.3 is 5.97 Å². The van der Waals surface area contributed by atoms with Crippen molar-refractivity contribution in [2.24, 2.45) is 5.92 Å². The maximum atomic E-state index is 11.0. The maximum absolute atomic E-state index is 11.0. The van der Waals surface area contributed by atoms with Crippen LogP contribution >= 0.6 is 0 Å². The first-order valence-corrected chi connectivity index (χ1v) is 10.3. The van der Waals surface area contributed by atoms with Gasteiger partial charge < -0.3 is 14.6 Å². The van der Waals surface area contributed by atoms with Gasteiger partial charge in [-0.25, -0.2) is 0 Å². The molecule has 28 heavy (non-hydrogen) atoms. The molecule has 1 fully saturated rings. The molecule has 0 radical (unpaired) electrons. The summed E-state index contributed by atoms with van der Waals surface area (Å²) >= 11 is 0. The van der Waals surface area contributed by atoms with Gasteiger partial charge in [-0.05, 0) is 69.4 Å². The van der Waals surface area contributed by atoms with Crippen LogP contribution in [0.3, 0.4) is 0 Å². The Kier molecular flexibility index (Phi) is 9.06. The van der Waals surface area contributed by atoms with Crippen LogP contribution in [0, 0.1) is 5.92 Å². The number of methoxy groups -OCH3 is 1. The smallest absolute Gasteiger partial charge is 0.317 e. The molecule has 0 aromatic heterocycles. The van der Waals surface area contributed by atoms with Crippen molar-refractivity contribution in [3.63, 3.8) is 0 Å². The zero-order valence-electron chi connectivity index (χ0n) is 17.8. The van der Waals surface area contributed by atoms with Gasteiger partial charge in [0.05, 0.1) is 20.3 Å². The van der Waals surface area contributed by atoms with Crippen LogP contribution in [0.5, 0.6) is 11.5 Å². The molecule has 158 valence electrons. The van der Waals surface area contributed by atoms with Crippen LogP contribution in [-0.2, 0) is 11.3 Å². The van der Waals surface area contributed by atoms with Crippen molar-refractivity contribution < 1.29 is 19.4 Å². The van der Waals surface area contributed by atoms with E-state index in [1.54, 1.807) is 7.11 Å². The molecule has 1 aromatic carbocycles. The summed E-state index contributed by atoms with van der Waals surface area (Å²) in [7, 11) is 3.59. The van der Waals surface area contributed by atoms with Crippen LogP contribution in [0.15, 0.2) is 18.2 Å². The molecule has 0 saturated carbocycles. The molecular weight excluding hydrogens is 356 g/mol. The van der Waals surface area contributed by atoms with Crippen molar-refractivity contribution in [1.82, 2.24) is 9.80 Å². The molecule has 1 saturated heterocycles. The van der Waals surface area contributed by atoms with E-state index in [4.69, 9.17) is 14.6 Å². The third kappa shape index (κ3) is 7.32. The Balaban J connectivity index is 1.94. The fourth-order valence-electron chi connectivity index (χ4n) is 3.67. The molecule has 0 spiro atoms. The Morgan fingerprint density at radius 1 is 1.29 bits per heavy atom. The molecule has 1 aliphatic rings. The largest absolute Gasteiger partial charge is 0.493 e. The molecule has 0 bridgehead atoms. The quantitative estimate of drug-likeness (QED) is 0.658. The van der Waals surface area contributed by atoms with Crippen molar-refractivity contribution in [3.05, 3.63) is 23.8 Å². The first-order chi connectivity index (χ1) is 13.4. The number of carboxylic acids is 1. The molecule has 1 N–H and O–H groups in total. The van der Waals surface area contributed by atoms with Gasteiger partial charge in [-0.3, -0.25) is 14.6 Å². The van der Waals surface area contributed by atoms with E-state index in [1.165, 1.54) is 5.56 Å². The lowest BCUT2D eigenvalue weighted by Crippen LogP contribution is -2.36. The molecule has 6 nitrogen and oxygen atoms in total. The van der Waals surface area contributed by atoms with Crippen LogP contribution in [0.4, 0.5) is 0 Å². The summed E-state index contributed by atoms with van der Waals surface area (Å²) in [4.78, 5) is 15.4. The third-order valence-electron chi connectivity index (χ3n) is 5.39. The lowest BCUT2D eigenvalue weighted by molar-refractivity contribution is -0.138. The van der Waals surface area contributed by atoms with E-state index in [9.17, 15) is 4.79 Å². The number of nitrogens with zero attached hydrogens (tertiary/aromatic N) is 2. The molecule has 6 heteroatoms. The summed E-state index contributed by atoms with van der Waals surface area (Å²) in [5, 5.41) is 9.02. The Bertz CT molecular complexity index is 621. The predicted octanol–water partition coefficient (Wildman–Crippen LogP) is 3.49. The minimum absolute atomic E-state index is 0.111. The van der Waals surface area contributed by atoms with Crippen molar-refractivity contribution in [2.45, 2.75) is 52.1 Å². The van der Waals surface area contributed by atoms with Crippen molar-refractivity contribution >= 4 is 5.97 Å². The van der Waals surface area contributed by atoms with E-state index in [-0.39, 0.29) is 6.54 Å². The van der Waals surface area contributed by atoms with Gasteiger partial charge in [-0.15, -0.1) is 0 Å². The standard InChI is InChI=1S/C22H36N2O4/c1-17(2)10-13-28-21-14-18(7-8-20(21)27-4)15-24-11-5-6-19(9-12-24)23(3)16-22(25)26/h7-8,14,17,19H,5-6,9-13,15-16H2,1-4H3,(H,25,26). The highest BCUT2D eigenvalue weighted by molar-refractivity contribution is 5.69. The molecule has 1 atom stereocenters. The van der Waals surface area contributed by atoms with Crippen LogP contribution in [-0.4, -0.2) is 67.3 Å². The molecule has 1 unspecified atom stereocenters. The average molecular weight is 393 g/mol. The second kappa shape index (κ2) is 11.3. The Labute approximate surface area is 169 Å². The highest BCUT2D eigenvalue weighted by Crippen LogP contribution is 2.29. The molecule has 2 rings (SSSR count). The van der Waals surface area contributed by atoms with Crippen molar-refractivity contribution in [2.75, 3.05) is 40.4 Å². The predicted molar refractivity (Wildman–Crippen MR) is 111 cm³/mol. The number of rotatable bonds is 10. The fourth-order valence-corrected chi connectivity index (χ4v) is 3.67. The zero-order chi connectivity index (χ0) is 20.5. The molecule has 0 aliphatic carbocycles. The number of benzene rings is 1. The summed E-state index contributed by atoms with van der Waals surface area (Å²) in [6.07, 6.45) is 4.15. The number of hydrogen-bond donors (Lipinski definition) is 1. The summed E-state index contributed by atoms with van der Waals surface area (Å²) in [5.41, 5.74) is 1.22. The van der Waals surface area contributed by atoms with Gasteiger partial charge in [0.1, 0.15) is 0 Å². The molecule has 0 amide bonds. The number of carboxylic acid groups (broad SMARTS) is 1. The molecule has 1 aromatic rings. The van der Waals surface area contributed by atoms with Crippen LogP contribution in [0.25, 0.3) is 0 Å². The van der Waals surface area contributed by atoms with Gasteiger partial charge in [-0.1, -0.05) is 19.9 Å². The van der Waals surface area contributed by atoms with Gasteiger partial charge in [0, 0.05) is 12.6 Å². The SMILES string of the molecule is COc1ccc(CN2CCCC(N(C)CC(=O)O)CC2)cc1OCCC(C)C. The minimum atomic E-state index is -0.758. The summed E-state index contributed by atoms with van der Waals surface area (Å²) < 4.78 is 11.4. The summed E-state index contributed by atoms with van der Waals surface area (Å²) in [6.45, 7) is 8.07. The summed E-state index contributed by atoms with van der Waals surface area (Å²) in [5.74, 6) is 1.44. The molecule has 1 aliphatic heterocycles. The fraction of sp³-hybridized carbons (Fsp3) is 0.682. The van der Waals surface area contributed by atoms with E-state index in [0.717, 1.165) is 56.8 Å². The van der Waals surface area contributed by atoms with E-state index >= 15 is 0 Å². The number of aliphatic carboxylic acids is 1. The van der Waals surface area contributed by atoms with Crippen LogP contribution in [0.1, 0.15) is 45.1 Å². The molecular formula is C22H36N2O4. The zero-order valence-corrected chi connectivity index (χ0v) is 17.8. The monoisotopic (exact) mass is 392 g/mol. The number of carbonyl (C=O) groups is 1. The minimum Gasteiger partial charge on any atom is -0.493 e. The maximum Gasteiger partial charge on any atom is 0.317 e. The second-order valence-electron chi connectivity index (χ2n) is 8.19. The first-order valence-electron chi connectivity index (χ1n) is 10.3. The van der Waals surface area contributed by atoms with E-state index in [0.29, 0.717) is 18.6 Å². The highest BCUT2D eigenvalue weighted by Gasteiger charge is 2.22.